The number of nitrogens with zero attached hydrogens (tertiary/aromatic N) is 3. The molecule has 4 N–H and O–H groups in total. The van der Waals surface area contributed by atoms with Crippen LogP contribution in [0.15, 0.2) is 23.5 Å². The van der Waals surface area contributed by atoms with Gasteiger partial charge in [0.05, 0.1) is 18.5 Å². The van der Waals surface area contributed by atoms with Crippen molar-refractivity contribution < 1.29 is 10.3 Å². The topological polar surface area (TPSA) is 95.0 Å². The van der Waals surface area contributed by atoms with Crippen molar-refractivity contribution in [2.45, 2.75) is 38.1 Å². The van der Waals surface area contributed by atoms with Crippen LogP contribution in [0.1, 0.15) is 37.8 Å². The normalized spacial score (nSPS) is 17.1. The average molecular weight is 278 g/mol. The van der Waals surface area contributed by atoms with E-state index in [0.29, 0.717) is 18.3 Å². The highest BCUT2D eigenvalue weighted by molar-refractivity contribution is 5.95. The Balaban J connectivity index is 2.16. The molecule has 0 saturated heterocycles. The highest BCUT2D eigenvalue weighted by Gasteiger charge is 2.21. The third kappa shape index (κ3) is 3.39. The predicted octanol–water partition coefficient (Wildman–Crippen LogP) is 1.31. The van der Waals surface area contributed by atoms with Crippen molar-refractivity contribution in [1.29, 1.82) is 0 Å². The van der Waals surface area contributed by atoms with E-state index in [4.69, 9.17) is 10.9 Å². The molecule has 0 aliphatic heterocycles. The molecule has 2 rings (SSSR count). The second kappa shape index (κ2) is 7.09. The van der Waals surface area contributed by atoms with Crippen LogP contribution in [0.2, 0.25) is 0 Å². The second-order valence-corrected chi connectivity index (χ2v) is 5.10. The highest BCUT2D eigenvalue weighted by atomic mass is 16.4. The van der Waals surface area contributed by atoms with Gasteiger partial charge in [0, 0.05) is 12.6 Å². The maximum atomic E-state index is 9.28. The number of nitrogens with two attached hydrogens (primary N) is 1. The summed E-state index contributed by atoms with van der Waals surface area (Å²) < 4.78 is 0. The van der Waals surface area contributed by atoms with E-state index in [9.17, 15) is 5.11 Å². The van der Waals surface area contributed by atoms with Gasteiger partial charge >= 0.3 is 0 Å². The molecule has 0 unspecified atom stereocenters. The molecule has 1 aliphatic carbocycles. The van der Waals surface area contributed by atoms with E-state index in [1.165, 1.54) is 19.3 Å². The van der Waals surface area contributed by atoms with Crippen molar-refractivity contribution in [3.63, 3.8) is 0 Å². The molecule has 6 heteroatoms. The van der Waals surface area contributed by atoms with Gasteiger partial charge in [0.25, 0.3) is 0 Å². The first-order chi connectivity index (χ1) is 9.76. The number of rotatable bonds is 5. The Kier molecular flexibility index (Phi) is 5.17. The molecule has 1 aliphatic rings. The maximum Gasteiger partial charge on any atom is 0.188 e. The molecule has 0 aromatic carbocycles. The Bertz CT molecular complexity index is 441. The lowest BCUT2D eigenvalue weighted by Crippen LogP contribution is -2.39. The molecule has 0 amide bonds. The second-order valence-electron chi connectivity index (χ2n) is 5.10. The van der Waals surface area contributed by atoms with Gasteiger partial charge in [-0.3, -0.25) is 4.98 Å². The lowest BCUT2D eigenvalue weighted by atomic mass is 9.94. The summed E-state index contributed by atoms with van der Waals surface area (Å²) in [7, 11) is 0. The lowest BCUT2D eigenvalue weighted by Gasteiger charge is -2.35. The molecule has 0 radical (unpaired) electrons. The molecule has 6 nitrogen and oxygen atoms in total. The molecule has 1 aromatic heterocycles. The number of aliphatic hydroxyl groups is 1. The first kappa shape index (κ1) is 14.6. The van der Waals surface area contributed by atoms with Crippen molar-refractivity contribution in [2.24, 2.45) is 10.9 Å². The number of hydrogen-bond acceptors (Lipinski definition) is 5. The van der Waals surface area contributed by atoms with Crippen LogP contribution in [0.25, 0.3) is 0 Å². The van der Waals surface area contributed by atoms with Crippen LogP contribution >= 0.6 is 0 Å². The van der Waals surface area contributed by atoms with Crippen molar-refractivity contribution in [3.8, 4) is 0 Å². The number of aliphatic hydroxyl groups excluding tert-OH is 1. The SMILES string of the molecule is N/C(=N/O)c1ccc(N(CCO)C2CCCCC2)cn1. The Morgan fingerprint density at radius 2 is 2.10 bits per heavy atom. The summed E-state index contributed by atoms with van der Waals surface area (Å²) in [6.45, 7) is 0.730. The van der Waals surface area contributed by atoms with Gasteiger partial charge in [0.1, 0.15) is 5.69 Å². The van der Waals surface area contributed by atoms with Crippen LogP contribution in [0.5, 0.6) is 0 Å². The van der Waals surface area contributed by atoms with Crippen molar-refractivity contribution in [2.75, 3.05) is 18.1 Å². The fourth-order valence-electron chi connectivity index (χ4n) is 2.78. The van der Waals surface area contributed by atoms with Crippen LogP contribution in [0, 0.1) is 0 Å². The van der Waals surface area contributed by atoms with Crippen molar-refractivity contribution >= 4 is 11.5 Å². The highest BCUT2D eigenvalue weighted by Crippen LogP contribution is 2.26. The van der Waals surface area contributed by atoms with E-state index >= 15 is 0 Å². The Morgan fingerprint density at radius 1 is 1.35 bits per heavy atom. The van der Waals surface area contributed by atoms with Gasteiger partial charge in [-0.1, -0.05) is 24.4 Å². The maximum absolute atomic E-state index is 9.28. The minimum atomic E-state index is 0.00271. The first-order valence-electron chi connectivity index (χ1n) is 7.07. The molecule has 0 spiro atoms. The standard InChI is InChI=1S/C14H22N4O2/c15-14(17-20)13-7-6-12(10-16-13)18(8-9-19)11-4-2-1-3-5-11/h6-7,10-11,19-20H,1-5,8-9H2,(H2,15,17). The summed E-state index contributed by atoms with van der Waals surface area (Å²) in [5.41, 5.74) is 6.93. The van der Waals surface area contributed by atoms with E-state index in [0.717, 1.165) is 18.5 Å². The van der Waals surface area contributed by atoms with E-state index in [1.807, 2.05) is 6.07 Å². The zero-order valence-electron chi connectivity index (χ0n) is 11.6. The summed E-state index contributed by atoms with van der Waals surface area (Å²) in [4.78, 5) is 6.42. The number of anilines is 1. The average Bonchev–Trinajstić information content (AvgIpc) is 2.53. The molecule has 1 saturated carbocycles. The van der Waals surface area contributed by atoms with Gasteiger partial charge in [0.2, 0.25) is 0 Å². The number of oxime groups is 1. The Labute approximate surface area is 118 Å². The number of amidine groups is 1. The van der Waals surface area contributed by atoms with Gasteiger partial charge in [-0.05, 0) is 25.0 Å². The third-order valence-corrected chi connectivity index (χ3v) is 3.81. The number of pyridine rings is 1. The molecule has 0 atom stereocenters. The largest absolute Gasteiger partial charge is 0.409 e. The zero-order valence-corrected chi connectivity index (χ0v) is 11.6. The summed E-state index contributed by atoms with van der Waals surface area (Å²) in [6.07, 6.45) is 7.80. The summed E-state index contributed by atoms with van der Waals surface area (Å²) >= 11 is 0. The van der Waals surface area contributed by atoms with Crippen molar-refractivity contribution in [3.05, 3.63) is 24.0 Å². The summed E-state index contributed by atoms with van der Waals surface area (Å²) in [5.74, 6) is 0.00271. The van der Waals surface area contributed by atoms with E-state index in [2.05, 4.69) is 15.0 Å². The van der Waals surface area contributed by atoms with Crippen LogP contribution in [-0.4, -0.2) is 40.3 Å². The predicted molar refractivity (Wildman–Crippen MR) is 78.1 cm³/mol. The fraction of sp³-hybridized carbons (Fsp3) is 0.571. The van der Waals surface area contributed by atoms with Crippen LogP contribution in [0.4, 0.5) is 5.69 Å². The van der Waals surface area contributed by atoms with E-state index < -0.39 is 0 Å². The molecule has 110 valence electrons. The summed E-state index contributed by atoms with van der Waals surface area (Å²) in [5, 5.41) is 20.8. The van der Waals surface area contributed by atoms with Gasteiger partial charge in [0.15, 0.2) is 5.84 Å². The third-order valence-electron chi connectivity index (χ3n) is 3.81. The monoisotopic (exact) mass is 278 g/mol. The first-order valence-corrected chi connectivity index (χ1v) is 7.07. The smallest absolute Gasteiger partial charge is 0.188 e. The van der Waals surface area contributed by atoms with Gasteiger partial charge in [-0.2, -0.15) is 0 Å². The van der Waals surface area contributed by atoms with Crippen LogP contribution in [-0.2, 0) is 0 Å². The molecule has 1 aromatic rings. The molecule has 0 bridgehead atoms. The fourth-order valence-corrected chi connectivity index (χ4v) is 2.78. The van der Waals surface area contributed by atoms with Gasteiger partial charge < -0.3 is 20.9 Å². The number of aromatic nitrogens is 1. The van der Waals surface area contributed by atoms with Crippen LogP contribution in [0.3, 0.4) is 0 Å². The molecule has 1 fully saturated rings. The lowest BCUT2D eigenvalue weighted by molar-refractivity contribution is 0.290. The molecule has 1 heterocycles. The molecular weight excluding hydrogens is 256 g/mol. The van der Waals surface area contributed by atoms with E-state index in [1.54, 1.807) is 12.3 Å². The molecular formula is C14H22N4O2. The Hall–Kier alpha value is -1.82. The summed E-state index contributed by atoms with van der Waals surface area (Å²) in [6, 6.07) is 4.11. The molecule has 20 heavy (non-hydrogen) atoms. The van der Waals surface area contributed by atoms with Crippen LogP contribution < -0.4 is 10.6 Å². The van der Waals surface area contributed by atoms with E-state index in [-0.39, 0.29) is 12.4 Å². The number of hydrogen-bond donors (Lipinski definition) is 3. The zero-order chi connectivity index (χ0) is 14.4. The van der Waals surface area contributed by atoms with Gasteiger partial charge in [-0.15, -0.1) is 0 Å². The van der Waals surface area contributed by atoms with Gasteiger partial charge in [-0.25, -0.2) is 0 Å². The minimum Gasteiger partial charge on any atom is -0.409 e. The quantitative estimate of drug-likeness (QED) is 0.327. The minimum absolute atomic E-state index is 0.00271. The Morgan fingerprint density at radius 3 is 2.65 bits per heavy atom. The van der Waals surface area contributed by atoms with Crippen molar-refractivity contribution in [1.82, 2.24) is 4.98 Å².